The van der Waals surface area contributed by atoms with Crippen molar-refractivity contribution in [1.29, 1.82) is 0 Å². The fourth-order valence-corrected chi connectivity index (χ4v) is 2.94. The zero-order chi connectivity index (χ0) is 17.7. The van der Waals surface area contributed by atoms with Gasteiger partial charge < -0.3 is 14.4 Å². The third-order valence-corrected chi connectivity index (χ3v) is 4.12. The van der Waals surface area contributed by atoms with E-state index in [9.17, 15) is 14.9 Å². The van der Waals surface area contributed by atoms with Crippen LogP contribution < -0.4 is 4.90 Å². The lowest BCUT2D eigenvalue weighted by molar-refractivity contribution is -0.384. The first kappa shape index (κ1) is 18.3. The number of carbonyl (C=O) groups is 1. The molecule has 1 aliphatic rings. The third kappa shape index (κ3) is 3.90. The van der Waals surface area contributed by atoms with Crippen LogP contribution in [0.1, 0.15) is 26.2 Å². The summed E-state index contributed by atoms with van der Waals surface area (Å²) in [4.78, 5) is 32.4. The monoisotopic (exact) mass is 358 g/mol. The SMILES string of the molecule is CC[C@H](C(=O)OC)N(c1nc(Cl)ncc1[N+](=O)[O-])C1CCOCC1. The van der Waals surface area contributed by atoms with Gasteiger partial charge in [0, 0.05) is 19.3 Å². The number of halogens is 1. The van der Waals surface area contributed by atoms with Crippen LogP contribution in [0.4, 0.5) is 11.5 Å². The molecule has 0 bridgehead atoms. The minimum atomic E-state index is -0.706. The van der Waals surface area contributed by atoms with E-state index in [0.29, 0.717) is 32.5 Å². The molecule has 132 valence electrons. The Kier molecular flexibility index (Phi) is 6.27. The second kappa shape index (κ2) is 8.20. The number of methoxy groups -OCH3 is 1. The second-order valence-corrected chi connectivity index (χ2v) is 5.64. The molecule has 2 heterocycles. The molecule has 9 nitrogen and oxygen atoms in total. The Morgan fingerprint density at radius 3 is 2.79 bits per heavy atom. The molecule has 1 atom stereocenters. The van der Waals surface area contributed by atoms with Gasteiger partial charge in [-0.15, -0.1) is 0 Å². The average Bonchev–Trinajstić information content (AvgIpc) is 2.59. The highest BCUT2D eigenvalue weighted by Crippen LogP contribution is 2.33. The molecule has 0 aromatic carbocycles. The van der Waals surface area contributed by atoms with Crippen molar-refractivity contribution >= 4 is 29.1 Å². The molecule has 2 rings (SSSR count). The zero-order valence-corrected chi connectivity index (χ0v) is 14.2. The molecule has 0 amide bonds. The van der Waals surface area contributed by atoms with E-state index in [0.717, 1.165) is 6.20 Å². The molecule has 10 heteroatoms. The van der Waals surface area contributed by atoms with Gasteiger partial charge in [-0.05, 0) is 30.9 Å². The van der Waals surface area contributed by atoms with Crippen molar-refractivity contribution in [2.45, 2.75) is 38.3 Å². The lowest BCUT2D eigenvalue weighted by Crippen LogP contribution is -2.50. The number of hydrogen-bond donors (Lipinski definition) is 0. The van der Waals surface area contributed by atoms with Gasteiger partial charge in [-0.25, -0.2) is 9.78 Å². The van der Waals surface area contributed by atoms with Crippen LogP contribution in [0.5, 0.6) is 0 Å². The smallest absolute Gasteiger partial charge is 0.329 e. The van der Waals surface area contributed by atoms with Crippen LogP contribution in [0.25, 0.3) is 0 Å². The summed E-state index contributed by atoms with van der Waals surface area (Å²) in [5.74, 6) is -0.447. The topological polar surface area (TPSA) is 108 Å². The number of aromatic nitrogens is 2. The summed E-state index contributed by atoms with van der Waals surface area (Å²) in [5, 5.41) is 11.3. The molecular formula is C14H19ClN4O5. The van der Waals surface area contributed by atoms with Crippen molar-refractivity contribution in [3.8, 4) is 0 Å². The molecule has 1 fully saturated rings. The number of nitrogens with zero attached hydrogens (tertiary/aromatic N) is 4. The summed E-state index contributed by atoms with van der Waals surface area (Å²) >= 11 is 5.85. The molecule has 1 saturated heterocycles. The van der Waals surface area contributed by atoms with Gasteiger partial charge in [-0.2, -0.15) is 4.98 Å². The first-order valence-electron chi connectivity index (χ1n) is 7.60. The Bertz CT molecular complexity index is 609. The molecule has 1 aromatic rings. The van der Waals surface area contributed by atoms with Crippen LogP contribution in [0, 0.1) is 10.1 Å². The van der Waals surface area contributed by atoms with Crippen molar-refractivity contribution in [3.63, 3.8) is 0 Å². The van der Waals surface area contributed by atoms with Crippen molar-refractivity contribution in [3.05, 3.63) is 21.6 Å². The van der Waals surface area contributed by atoms with Gasteiger partial charge in [-0.3, -0.25) is 10.1 Å². The lowest BCUT2D eigenvalue weighted by Gasteiger charge is -2.38. The first-order chi connectivity index (χ1) is 11.5. The van der Waals surface area contributed by atoms with Gasteiger partial charge >= 0.3 is 11.7 Å². The van der Waals surface area contributed by atoms with Crippen molar-refractivity contribution in [2.24, 2.45) is 0 Å². The Balaban J connectivity index is 2.54. The predicted octanol–water partition coefficient (Wildman–Crippen LogP) is 1.98. The quantitative estimate of drug-likeness (QED) is 0.329. The summed E-state index contributed by atoms with van der Waals surface area (Å²) in [6.45, 7) is 2.82. The Morgan fingerprint density at radius 2 is 2.25 bits per heavy atom. The number of esters is 1. The van der Waals surface area contributed by atoms with Crippen LogP contribution >= 0.6 is 11.6 Å². The zero-order valence-electron chi connectivity index (χ0n) is 13.5. The average molecular weight is 359 g/mol. The molecule has 0 spiro atoms. The van der Waals surface area contributed by atoms with E-state index in [2.05, 4.69) is 9.97 Å². The van der Waals surface area contributed by atoms with Gasteiger partial charge in [0.05, 0.1) is 12.0 Å². The van der Waals surface area contributed by atoms with E-state index in [4.69, 9.17) is 21.1 Å². The fourth-order valence-electron chi connectivity index (χ4n) is 2.82. The molecule has 1 aliphatic heterocycles. The summed E-state index contributed by atoms with van der Waals surface area (Å²) in [6, 6.07) is -0.852. The standard InChI is InChI=1S/C14H19ClN4O5/c1-3-10(13(20)23-2)18(9-4-6-24-7-5-9)12-11(19(21)22)8-16-14(15)17-12/h8-10H,3-7H2,1-2H3/t10-/m1/s1. The highest BCUT2D eigenvalue weighted by molar-refractivity contribution is 6.28. The summed E-state index contributed by atoms with van der Waals surface area (Å²) < 4.78 is 10.2. The van der Waals surface area contributed by atoms with Crippen LogP contribution in [0.3, 0.4) is 0 Å². The highest BCUT2D eigenvalue weighted by Gasteiger charge is 2.37. The van der Waals surface area contributed by atoms with Crippen LogP contribution in [-0.4, -0.2) is 53.3 Å². The largest absolute Gasteiger partial charge is 0.467 e. The second-order valence-electron chi connectivity index (χ2n) is 5.30. The maximum atomic E-state index is 12.2. The Morgan fingerprint density at radius 1 is 1.58 bits per heavy atom. The van der Waals surface area contributed by atoms with Crippen molar-refractivity contribution in [1.82, 2.24) is 9.97 Å². The van der Waals surface area contributed by atoms with Gasteiger partial charge in [-0.1, -0.05) is 6.92 Å². The fraction of sp³-hybridized carbons (Fsp3) is 0.643. The first-order valence-corrected chi connectivity index (χ1v) is 7.98. The number of nitro groups is 1. The van der Waals surface area contributed by atoms with Crippen LogP contribution in [0.15, 0.2) is 6.20 Å². The molecule has 1 aromatic heterocycles. The van der Waals surface area contributed by atoms with E-state index in [1.54, 1.807) is 4.90 Å². The Hall–Kier alpha value is -2.00. The maximum Gasteiger partial charge on any atom is 0.329 e. The van der Waals surface area contributed by atoms with Gasteiger partial charge in [0.2, 0.25) is 11.1 Å². The van der Waals surface area contributed by atoms with Crippen molar-refractivity contribution < 1.29 is 19.2 Å². The van der Waals surface area contributed by atoms with Gasteiger partial charge in [0.15, 0.2) is 0 Å². The minimum absolute atomic E-state index is 0.0316. The number of anilines is 1. The molecule has 0 saturated carbocycles. The van der Waals surface area contributed by atoms with Crippen molar-refractivity contribution in [2.75, 3.05) is 25.2 Å². The number of hydrogen-bond acceptors (Lipinski definition) is 8. The normalized spacial score (nSPS) is 16.5. The summed E-state index contributed by atoms with van der Waals surface area (Å²) in [7, 11) is 1.29. The highest BCUT2D eigenvalue weighted by atomic mass is 35.5. The van der Waals surface area contributed by atoms with E-state index in [1.165, 1.54) is 7.11 Å². The van der Waals surface area contributed by atoms with Gasteiger partial charge in [0.1, 0.15) is 12.2 Å². The molecule has 0 radical (unpaired) electrons. The summed E-state index contributed by atoms with van der Waals surface area (Å²) in [6.07, 6.45) is 2.70. The van der Waals surface area contributed by atoms with E-state index < -0.39 is 16.9 Å². The maximum absolute atomic E-state index is 12.2. The molecule has 0 unspecified atom stereocenters. The molecule has 24 heavy (non-hydrogen) atoms. The minimum Gasteiger partial charge on any atom is -0.467 e. The number of ether oxygens (including phenoxy) is 2. The number of carbonyl (C=O) groups excluding carboxylic acids is 1. The summed E-state index contributed by atoms with van der Waals surface area (Å²) in [5.41, 5.74) is -0.298. The molecular weight excluding hydrogens is 340 g/mol. The van der Waals surface area contributed by atoms with E-state index >= 15 is 0 Å². The third-order valence-electron chi connectivity index (χ3n) is 3.94. The van der Waals surface area contributed by atoms with E-state index in [-0.39, 0.29) is 22.8 Å². The molecule has 0 aliphatic carbocycles. The van der Waals surface area contributed by atoms with Crippen LogP contribution in [0.2, 0.25) is 5.28 Å². The van der Waals surface area contributed by atoms with Crippen LogP contribution in [-0.2, 0) is 14.3 Å². The van der Waals surface area contributed by atoms with Gasteiger partial charge in [0.25, 0.3) is 0 Å². The molecule has 0 N–H and O–H groups in total. The number of rotatable bonds is 6. The Labute approximate surface area is 144 Å². The van der Waals surface area contributed by atoms with E-state index in [1.807, 2.05) is 6.92 Å². The predicted molar refractivity (Wildman–Crippen MR) is 86.1 cm³/mol. The lowest BCUT2D eigenvalue weighted by atomic mass is 10.0.